The predicted molar refractivity (Wildman–Crippen MR) is 123 cm³/mol. The van der Waals surface area contributed by atoms with Crippen molar-refractivity contribution < 1.29 is 9.21 Å². The zero-order valence-electron chi connectivity index (χ0n) is 19.0. The third kappa shape index (κ3) is 3.54. The van der Waals surface area contributed by atoms with Gasteiger partial charge in [0.25, 0.3) is 11.5 Å². The van der Waals surface area contributed by atoms with Crippen molar-refractivity contribution in [2.75, 3.05) is 13.1 Å². The standard InChI is InChI=1S/C25H30N4O3/c1-15(2)28-13-11-18-19(14-28)26-23(27-24(18)30)20-9-6-7-12-29(20)25(31)22-16(3)17-8-4-5-10-21(17)32-22/h4-5,8,10,15,20H,6-7,9,11-14H2,1-3H3,(H,26,27,30)/t20-/m0/s1. The van der Waals surface area contributed by atoms with Gasteiger partial charge in [-0.25, -0.2) is 4.98 Å². The van der Waals surface area contributed by atoms with E-state index >= 15 is 0 Å². The van der Waals surface area contributed by atoms with Gasteiger partial charge in [-0.3, -0.25) is 14.5 Å². The Hall–Kier alpha value is -2.93. The smallest absolute Gasteiger partial charge is 0.290 e. The molecule has 0 aliphatic carbocycles. The zero-order chi connectivity index (χ0) is 22.4. The predicted octanol–water partition coefficient (Wildman–Crippen LogP) is 3.96. The van der Waals surface area contributed by atoms with Gasteiger partial charge in [0, 0.05) is 42.2 Å². The molecule has 168 valence electrons. The Morgan fingerprint density at radius 1 is 1.22 bits per heavy atom. The molecule has 1 aromatic carbocycles. The Labute approximate surface area is 187 Å². The number of amides is 1. The number of hydrogen-bond donors (Lipinski definition) is 1. The van der Waals surface area contributed by atoms with Crippen LogP contribution in [0.1, 0.15) is 72.4 Å². The molecule has 1 saturated heterocycles. The topological polar surface area (TPSA) is 82.4 Å². The summed E-state index contributed by atoms with van der Waals surface area (Å²) in [6, 6.07) is 7.86. The number of H-pyrrole nitrogens is 1. The van der Waals surface area contributed by atoms with Crippen LogP contribution in [-0.2, 0) is 13.0 Å². The molecular weight excluding hydrogens is 404 g/mol. The molecule has 0 unspecified atom stereocenters. The van der Waals surface area contributed by atoms with Crippen molar-refractivity contribution in [3.63, 3.8) is 0 Å². The molecule has 1 N–H and O–H groups in total. The Balaban J connectivity index is 1.50. The number of hydrogen-bond acceptors (Lipinski definition) is 5. The second-order valence-electron chi connectivity index (χ2n) is 9.25. The number of aromatic nitrogens is 2. The van der Waals surface area contributed by atoms with Gasteiger partial charge < -0.3 is 14.3 Å². The average Bonchev–Trinajstić information content (AvgIpc) is 3.14. The van der Waals surface area contributed by atoms with Gasteiger partial charge in [-0.05, 0) is 52.5 Å². The molecule has 1 fully saturated rings. The molecule has 2 aliphatic rings. The minimum absolute atomic E-state index is 0.0636. The van der Waals surface area contributed by atoms with Crippen LogP contribution in [0.3, 0.4) is 0 Å². The number of benzene rings is 1. The van der Waals surface area contributed by atoms with E-state index in [0.717, 1.165) is 53.6 Å². The van der Waals surface area contributed by atoms with E-state index in [2.05, 4.69) is 23.7 Å². The highest BCUT2D eigenvalue weighted by Gasteiger charge is 2.34. The van der Waals surface area contributed by atoms with Crippen molar-refractivity contribution in [1.29, 1.82) is 0 Å². The maximum atomic E-state index is 13.6. The number of para-hydroxylation sites is 1. The zero-order valence-corrected chi connectivity index (χ0v) is 19.0. The van der Waals surface area contributed by atoms with Gasteiger partial charge in [-0.2, -0.15) is 0 Å². The number of aryl methyl sites for hydroxylation is 1. The van der Waals surface area contributed by atoms with Gasteiger partial charge in [0.15, 0.2) is 5.76 Å². The summed E-state index contributed by atoms with van der Waals surface area (Å²) in [4.78, 5) is 38.6. The van der Waals surface area contributed by atoms with Crippen LogP contribution in [0.25, 0.3) is 11.0 Å². The number of fused-ring (bicyclic) bond motifs is 2. The maximum Gasteiger partial charge on any atom is 0.290 e. The minimum atomic E-state index is -0.253. The molecule has 0 spiro atoms. The van der Waals surface area contributed by atoms with E-state index < -0.39 is 0 Å². The van der Waals surface area contributed by atoms with E-state index in [-0.39, 0.29) is 17.5 Å². The van der Waals surface area contributed by atoms with Crippen LogP contribution in [0.4, 0.5) is 0 Å². The first-order valence-corrected chi connectivity index (χ1v) is 11.6. The number of aromatic amines is 1. The number of likely N-dealkylation sites (tertiary alicyclic amines) is 1. The molecule has 5 rings (SSSR count). The third-order valence-electron chi connectivity index (χ3n) is 6.97. The average molecular weight is 435 g/mol. The first-order chi connectivity index (χ1) is 15.4. The second kappa shape index (κ2) is 8.20. The second-order valence-corrected chi connectivity index (χ2v) is 9.25. The van der Waals surface area contributed by atoms with Crippen molar-refractivity contribution in [2.24, 2.45) is 0 Å². The van der Waals surface area contributed by atoms with Gasteiger partial charge in [-0.15, -0.1) is 0 Å². The van der Waals surface area contributed by atoms with Crippen LogP contribution in [0, 0.1) is 6.92 Å². The largest absolute Gasteiger partial charge is 0.451 e. The lowest BCUT2D eigenvalue weighted by Crippen LogP contribution is -2.42. The number of furan rings is 1. The molecule has 32 heavy (non-hydrogen) atoms. The van der Waals surface area contributed by atoms with Crippen LogP contribution >= 0.6 is 0 Å². The van der Waals surface area contributed by atoms with Crippen LogP contribution < -0.4 is 5.56 Å². The molecule has 0 saturated carbocycles. The molecule has 1 amide bonds. The number of carbonyl (C=O) groups excluding carboxylic acids is 1. The van der Waals surface area contributed by atoms with E-state index in [4.69, 9.17) is 9.40 Å². The molecule has 0 bridgehead atoms. The summed E-state index contributed by atoms with van der Waals surface area (Å²) in [6.07, 6.45) is 3.41. The molecule has 7 nitrogen and oxygen atoms in total. The fourth-order valence-corrected chi connectivity index (χ4v) is 5.05. The monoisotopic (exact) mass is 434 g/mol. The van der Waals surface area contributed by atoms with Gasteiger partial charge in [0.1, 0.15) is 11.4 Å². The summed E-state index contributed by atoms with van der Waals surface area (Å²) in [5, 5.41) is 0.957. The highest BCUT2D eigenvalue weighted by molar-refractivity contribution is 5.99. The van der Waals surface area contributed by atoms with Crippen molar-refractivity contribution in [2.45, 2.75) is 65.1 Å². The Kier molecular flexibility index (Phi) is 5.37. The van der Waals surface area contributed by atoms with Gasteiger partial charge in [0.2, 0.25) is 0 Å². The van der Waals surface area contributed by atoms with Crippen LogP contribution in [0.2, 0.25) is 0 Å². The number of piperidine rings is 1. The molecule has 3 aromatic rings. The van der Waals surface area contributed by atoms with Crippen molar-refractivity contribution in [3.05, 3.63) is 63.0 Å². The van der Waals surface area contributed by atoms with Crippen molar-refractivity contribution >= 4 is 16.9 Å². The SMILES string of the molecule is Cc1c(C(=O)N2CCCC[C@H]2c2nc3c(c(=O)[nH]2)CCN(C(C)C)C3)oc2ccccc12. The summed E-state index contributed by atoms with van der Waals surface area (Å²) in [6.45, 7) is 8.42. The lowest BCUT2D eigenvalue weighted by molar-refractivity contribution is 0.0567. The first-order valence-electron chi connectivity index (χ1n) is 11.6. The number of nitrogens with zero attached hydrogens (tertiary/aromatic N) is 3. The van der Waals surface area contributed by atoms with Crippen LogP contribution in [0.15, 0.2) is 33.5 Å². The fraction of sp³-hybridized carbons (Fsp3) is 0.480. The Morgan fingerprint density at radius 3 is 2.81 bits per heavy atom. The highest BCUT2D eigenvalue weighted by atomic mass is 16.3. The van der Waals surface area contributed by atoms with E-state index in [9.17, 15) is 9.59 Å². The highest BCUT2D eigenvalue weighted by Crippen LogP contribution is 2.33. The number of nitrogens with one attached hydrogen (secondary N) is 1. The summed E-state index contributed by atoms with van der Waals surface area (Å²) in [5.41, 5.74) is 3.14. The minimum Gasteiger partial charge on any atom is -0.451 e. The lowest BCUT2D eigenvalue weighted by atomic mass is 9.99. The maximum absolute atomic E-state index is 13.6. The van der Waals surface area contributed by atoms with E-state index in [1.54, 1.807) is 0 Å². The molecule has 2 aliphatic heterocycles. The van der Waals surface area contributed by atoms with E-state index in [0.29, 0.717) is 37.1 Å². The van der Waals surface area contributed by atoms with Crippen molar-refractivity contribution in [3.8, 4) is 0 Å². The van der Waals surface area contributed by atoms with Crippen LogP contribution in [0.5, 0.6) is 0 Å². The Morgan fingerprint density at radius 2 is 2.03 bits per heavy atom. The number of carbonyl (C=O) groups is 1. The molecule has 2 aromatic heterocycles. The van der Waals surface area contributed by atoms with Crippen molar-refractivity contribution in [1.82, 2.24) is 19.8 Å². The van der Waals surface area contributed by atoms with Gasteiger partial charge in [0.05, 0.1) is 11.7 Å². The van der Waals surface area contributed by atoms with Gasteiger partial charge in [-0.1, -0.05) is 18.2 Å². The molecule has 0 radical (unpaired) electrons. The normalized spacial score (nSPS) is 19.5. The van der Waals surface area contributed by atoms with E-state index in [1.807, 2.05) is 36.1 Å². The molecule has 7 heteroatoms. The van der Waals surface area contributed by atoms with Gasteiger partial charge >= 0.3 is 0 Å². The Bertz CT molecular complexity index is 1230. The third-order valence-corrected chi connectivity index (χ3v) is 6.97. The number of rotatable bonds is 3. The summed E-state index contributed by atoms with van der Waals surface area (Å²) in [5.74, 6) is 0.845. The summed E-state index contributed by atoms with van der Waals surface area (Å²) in [7, 11) is 0. The molecule has 1 atom stereocenters. The summed E-state index contributed by atoms with van der Waals surface area (Å²) < 4.78 is 5.96. The van der Waals surface area contributed by atoms with Crippen LogP contribution in [-0.4, -0.2) is 44.8 Å². The fourth-order valence-electron chi connectivity index (χ4n) is 5.05. The summed E-state index contributed by atoms with van der Waals surface area (Å²) >= 11 is 0. The quantitative estimate of drug-likeness (QED) is 0.675. The van der Waals surface area contributed by atoms with E-state index in [1.165, 1.54) is 0 Å². The first kappa shape index (κ1) is 20.9. The molecule has 4 heterocycles. The molecular formula is C25H30N4O3. The lowest BCUT2D eigenvalue weighted by Gasteiger charge is -2.36.